The highest BCUT2D eigenvalue weighted by Gasteiger charge is 2.53. The van der Waals surface area contributed by atoms with Crippen LogP contribution in [0.5, 0.6) is 0 Å². The molecule has 9 rings (SSSR count). The van der Waals surface area contributed by atoms with Gasteiger partial charge >= 0.3 is 0 Å². The number of fused-ring (bicyclic) bond motifs is 3. The Labute approximate surface area is 238 Å². The van der Waals surface area contributed by atoms with Crippen LogP contribution in [-0.2, 0) is 10.2 Å². The predicted molar refractivity (Wildman–Crippen MR) is 147 cm³/mol. The predicted octanol–water partition coefficient (Wildman–Crippen LogP) is 7.54. The molecule has 2 aromatic heterocycles. The second-order valence-electron chi connectivity index (χ2n) is 13.8. The van der Waals surface area contributed by atoms with Crippen LogP contribution in [0.3, 0.4) is 0 Å². The lowest BCUT2D eigenvalue weighted by molar-refractivity contribution is -0.132. The van der Waals surface area contributed by atoms with Crippen molar-refractivity contribution in [1.29, 1.82) is 0 Å². The zero-order valence-electron chi connectivity index (χ0n) is 23.3. The van der Waals surface area contributed by atoms with E-state index in [1.54, 1.807) is 0 Å². The maximum Gasteiger partial charge on any atom is 0.248 e. The third-order valence-electron chi connectivity index (χ3n) is 10.6. The molecule has 0 spiro atoms. The summed E-state index contributed by atoms with van der Waals surface area (Å²) < 4.78 is 38.6. The van der Waals surface area contributed by atoms with Crippen molar-refractivity contribution in [2.24, 2.45) is 11.3 Å². The molecule has 3 aromatic rings. The van der Waals surface area contributed by atoms with E-state index in [4.69, 9.17) is 14.0 Å². The summed E-state index contributed by atoms with van der Waals surface area (Å²) in [7, 11) is 0. The molecule has 216 valence electrons. The molecule has 0 N–H and O–H groups in total. The zero-order valence-corrected chi connectivity index (χ0v) is 23.3. The van der Waals surface area contributed by atoms with Crippen molar-refractivity contribution < 1.29 is 22.6 Å². The van der Waals surface area contributed by atoms with Crippen molar-refractivity contribution in [1.82, 2.24) is 15.3 Å². The molecule has 1 aromatic carbocycles. The van der Waals surface area contributed by atoms with Crippen LogP contribution in [0.1, 0.15) is 113 Å². The smallest absolute Gasteiger partial charge is 0.248 e. The number of halogens is 2. The van der Waals surface area contributed by atoms with Gasteiger partial charge in [0.2, 0.25) is 17.7 Å². The van der Waals surface area contributed by atoms with Crippen molar-refractivity contribution in [3.8, 4) is 11.3 Å². The number of aromatic nitrogens is 3. The molecule has 1 amide bonds. The summed E-state index contributed by atoms with van der Waals surface area (Å²) in [5, 5.41) is 8.59. The lowest BCUT2D eigenvalue weighted by Gasteiger charge is -2.53. The summed E-state index contributed by atoms with van der Waals surface area (Å²) in [6.07, 6.45) is 10.2. The minimum Gasteiger partial charge on any atom is -0.360 e. The van der Waals surface area contributed by atoms with Crippen molar-refractivity contribution in [2.75, 3.05) is 11.4 Å². The molecule has 2 heterocycles. The SMILES string of the molecule is O=C(CC1CC(F)(F)C1)N(CC12CCC(c3nc(C4CC4)no3)(CC1)CC2)c1cccc(-c2cc(C3CC3)on2)c1. The normalized spacial score (nSPS) is 28.9. The Bertz CT molecular complexity index is 1440. The maximum absolute atomic E-state index is 13.8. The lowest BCUT2D eigenvalue weighted by atomic mass is 9.53. The van der Waals surface area contributed by atoms with Gasteiger partial charge in [-0.3, -0.25) is 4.79 Å². The molecule has 0 aliphatic heterocycles. The molecule has 41 heavy (non-hydrogen) atoms. The number of amides is 1. The average Bonchev–Trinajstić information content (AvgIpc) is 3.90. The van der Waals surface area contributed by atoms with Gasteiger partial charge in [0.05, 0.1) is 0 Å². The highest BCUT2D eigenvalue weighted by molar-refractivity contribution is 5.94. The molecule has 0 unspecified atom stereocenters. The van der Waals surface area contributed by atoms with Gasteiger partial charge in [0.25, 0.3) is 0 Å². The molecule has 7 nitrogen and oxygen atoms in total. The zero-order chi connectivity index (χ0) is 27.8. The molecule has 2 bridgehead atoms. The molecule has 6 saturated carbocycles. The molecular formula is C32H36F2N4O3. The number of hydrogen-bond acceptors (Lipinski definition) is 6. The number of rotatable bonds is 9. The monoisotopic (exact) mass is 562 g/mol. The summed E-state index contributed by atoms with van der Waals surface area (Å²) in [5.74, 6) is 0.564. The number of hydrogen-bond donors (Lipinski definition) is 0. The van der Waals surface area contributed by atoms with Crippen LogP contribution in [0.4, 0.5) is 14.5 Å². The first kappa shape index (κ1) is 25.6. The molecule has 0 radical (unpaired) electrons. The Balaban J connectivity index is 1.04. The van der Waals surface area contributed by atoms with Gasteiger partial charge in [-0.2, -0.15) is 4.98 Å². The Morgan fingerprint density at radius 1 is 0.927 bits per heavy atom. The van der Waals surface area contributed by atoms with E-state index < -0.39 is 5.92 Å². The van der Waals surface area contributed by atoms with Crippen molar-refractivity contribution in [3.63, 3.8) is 0 Å². The molecule has 6 aliphatic rings. The number of carbonyl (C=O) groups excluding carboxylic acids is 1. The first-order valence-corrected chi connectivity index (χ1v) is 15.4. The van der Waals surface area contributed by atoms with Gasteiger partial charge in [0, 0.05) is 60.4 Å². The fraction of sp³-hybridized carbons (Fsp3) is 0.625. The molecule has 0 saturated heterocycles. The van der Waals surface area contributed by atoms with Crippen LogP contribution >= 0.6 is 0 Å². The Kier molecular flexibility index (Phi) is 5.74. The van der Waals surface area contributed by atoms with Gasteiger partial charge in [-0.25, -0.2) is 8.78 Å². The van der Waals surface area contributed by atoms with Gasteiger partial charge in [-0.1, -0.05) is 22.4 Å². The molecule has 6 aliphatic carbocycles. The van der Waals surface area contributed by atoms with Crippen LogP contribution in [0, 0.1) is 11.3 Å². The summed E-state index contributed by atoms with van der Waals surface area (Å²) >= 11 is 0. The topological polar surface area (TPSA) is 85.3 Å². The maximum atomic E-state index is 13.8. The molecular weight excluding hydrogens is 526 g/mol. The minimum atomic E-state index is -2.63. The van der Waals surface area contributed by atoms with Crippen LogP contribution in [-0.4, -0.2) is 33.7 Å². The summed E-state index contributed by atoms with van der Waals surface area (Å²) in [4.78, 5) is 20.5. The first-order chi connectivity index (χ1) is 19.8. The van der Waals surface area contributed by atoms with Crippen molar-refractivity contribution in [3.05, 3.63) is 47.8 Å². The van der Waals surface area contributed by atoms with Gasteiger partial charge in [-0.15, -0.1) is 0 Å². The Morgan fingerprint density at radius 2 is 1.66 bits per heavy atom. The second-order valence-corrected chi connectivity index (χ2v) is 13.8. The van der Waals surface area contributed by atoms with Gasteiger partial charge in [0.1, 0.15) is 11.5 Å². The fourth-order valence-corrected chi connectivity index (χ4v) is 7.54. The van der Waals surface area contributed by atoms with Gasteiger partial charge in [-0.05, 0) is 87.7 Å². The van der Waals surface area contributed by atoms with Crippen LogP contribution < -0.4 is 4.90 Å². The second kappa shape index (κ2) is 9.20. The summed E-state index contributed by atoms with van der Waals surface area (Å²) in [5.41, 5.74) is 2.40. The van der Waals surface area contributed by atoms with Gasteiger partial charge < -0.3 is 13.9 Å². The van der Waals surface area contributed by atoms with E-state index in [0.717, 1.165) is 98.6 Å². The molecule has 9 heteroatoms. The standard InChI is InChI=1S/C32H36F2N4O3/c33-32(34)17-20(18-32)14-27(39)38(24-3-1-2-23(15-24)25-16-26(40-36-25)21-4-5-21)19-30-8-11-31(12-9-30,13-10-30)29-35-28(37-41-29)22-6-7-22/h1-3,15-16,20-22H,4-14,17-19H2. The summed E-state index contributed by atoms with van der Waals surface area (Å²) in [6.45, 7) is 0.595. The van der Waals surface area contributed by atoms with E-state index in [2.05, 4.69) is 10.3 Å². The lowest BCUT2D eigenvalue weighted by Crippen LogP contribution is -2.51. The van der Waals surface area contributed by atoms with E-state index in [1.807, 2.05) is 35.2 Å². The van der Waals surface area contributed by atoms with Crippen LogP contribution in [0.25, 0.3) is 11.3 Å². The minimum absolute atomic E-state index is 0.0106. The number of carbonyl (C=O) groups is 1. The van der Waals surface area contributed by atoms with Crippen LogP contribution in [0.2, 0.25) is 0 Å². The third-order valence-corrected chi connectivity index (χ3v) is 10.6. The average molecular weight is 563 g/mol. The van der Waals surface area contributed by atoms with Gasteiger partial charge in [0.15, 0.2) is 5.82 Å². The first-order valence-electron chi connectivity index (χ1n) is 15.4. The third kappa shape index (κ3) is 4.79. The molecule has 6 fully saturated rings. The molecule has 0 atom stereocenters. The van der Waals surface area contributed by atoms with Crippen molar-refractivity contribution >= 4 is 11.6 Å². The van der Waals surface area contributed by atoms with Crippen LogP contribution in [0.15, 0.2) is 39.4 Å². The summed E-state index contributed by atoms with van der Waals surface area (Å²) in [6, 6.07) is 9.91. The van der Waals surface area contributed by atoms with E-state index >= 15 is 0 Å². The highest BCUT2D eigenvalue weighted by atomic mass is 19.3. The van der Waals surface area contributed by atoms with E-state index in [1.165, 1.54) is 0 Å². The van der Waals surface area contributed by atoms with E-state index in [9.17, 15) is 13.6 Å². The number of benzene rings is 1. The Hall–Kier alpha value is -3.10. The van der Waals surface area contributed by atoms with E-state index in [0.29, 0.717) is 18.4 Å². The van der Waals surface area contributed by atoms with E-state index in [-0.39, 0.29) is 41.9 Å². The number of alkyl halides is 2. The Morgan fingerprint density at radius 3 is 2.34 bits per heavy atom. The number of anilines is 1. The fourth-order valence-electron chi connectivity index (χ4n) is 7.54. The van der Waals surface area contributed by atoms with Crippen molar-refractivity contribution in [2.45, 2.75) is 107 Å². The highest BCUT2D eigenvalue weighted by Crippen LogP contribution is 2.58. The quantitative estimate of drug-likeness (QED) is 0.268. The number of nitrogens with zero attached hydrogens (tertiary/aromatic N) is 4. The largest absolute Gasteiger partial charge is 0.360 e.